The maximum Gasteiger partial charge on any atom is 0.267 e. The number of amides is 1. The minimum Gasteiger partial charge on any atom is -0.493 e. The van der Waals surface area contributed by atoms with Crippen molar-refractivity contribution in [2.75, 3.05) is 14.2 Å². The Labute approximate surface area is 208 Å². The van der Waals surface area contributed by atoms with E-state index in [4.69, 9.17) is 13.9 Å². The lowest BCUT2D eigenvalue weighted by Gasteiger charge is -2.12. The van der Waals surface area contributed by atoms with Crippen LogP contribution in [0, 0.1) is 0 Å². The van der Waals surface area contributed by atoms with E-state index in [0.717, 1.165) is 16.7 Å². The highest BCUT2D eigenvalue weighted by atomic mass is 32.2. The van der Waals surface area contributed by atoms with Crippen LogP contribution in [0.2, 0.25) is 0 Å². The molecule has 0 spiro atoms. The molecule has 1 amide bonds. The number of methoxy groups -OCH3 is 2. The molecule has 2 heterocycles. The molecule has 0 radical (unpaired) electrons. The zero-order valence-corrected chi connectivity index (χ0v) is 20.5. The van der Waals surface area contributed by atoms with Gasteiger partial charge in [0.15, 0.2) is 16.7 Å². The van der Waals surface area contributed by atoms with Crippen LogP contribution in [0.4, 0.5) is 0 Å². The minimum atomic E-state index is -0.174. The largest absolute Gasteiger partial charge is 0.493 e. The van der Waals surface area contributed by atoms with E-state index in [-0.39, 0.29) is 12.5 Å². The summed E-state index contributed by atoms with van der Waals surface area (Å²) in [6.07, 6.45) is 7.07. The number of ether oxygens (including phenoxy) is 2. The number of nitrogens with zero attached hydrogens (tertiary/aromatic N) is 3. The summed E-state index contributed by atoms with van der Waals surface area (Å²) in [6, 6.07) is 19.1. The van der Waals surface area contributed by atoms with E-state index in [2.05, 4.69) is 10.2 Å². The van der Waals surface area contributed by atoms with Gasteiger partial charge in [0, 0.05) is 0 Å². The van der Waals surface area contributed by atoms with Crippen LogP contribution < -0.4 is 9.47 Å². The maximum absolute atomic E-state index is 13.3. The van der Waals surface area contributed by atoms with Crippen LogP contribution in [0.3, 0.4) is 0 Å². The van der Waals surface area contributed by atoms with Crippen molar-refractivity contribution >= 4 is 41.2 Å². The smallest absolute Gasteiger partial charge is 0.267 e. The van der Waals surface area contributed by atoms with Crippen LogP contribution in [-0.4, -0.2) is 36.4 Å². The average Bonchev–Trinajstić information content (AvgIpc) is 3.49. The van der Waals surface area contributed by atoms with Crippen molar-refractivity contribution in [3.8, 4) is 11.5 Å². The van der Waals surface area contributed by atoms with Crippen molar-refractivity contribution in [2.24, 2.45) is 10.2 Å². The van der Waals surface area contributed by atoms with Crippen molar-refractivity contribution in [1.29, 1.82) is 0 Å². The van der Waals surface area contributed by atoms with Gasteiger partial charge >= 0.3 is 0 Å². The topological polar surface area (TPSA) is 76.6 Å². The molecule has 1 fully saturated rings. The second-order valence-corrected chi connectivity index (χ2v) is 8.63. The Kier molecular flexibility index (Phi) is 7.84. The quantitative estimate of drug-likeness (QED) is 0.226. The van der Waals surface area contributed by atoms with E-state index >= 15 is 0 Å². The van der Waals surface area contributed by atoms with Gasteiger partial charge in [-0.25, -0.2) is 0 Å². The lowest BCUT2D eigenvalue weighted by Crippen LogP contribution is -2.28. The van der Waals surface area contributed by atoms with Gasteiger partial charge in [-0.1, -0.05) is 42.5 Å². The van der Waals surface area contributed by atoms with Gasteiger partial charge in [0.2, 0.25) is 0 Å². The molecule has 0 aliphatic carbocycles. The van der Waals surface area contributed by atoms with Crippen LogP contribution in [0.1, 0.15) is 23.8 Å². The summed E-state index contributed by atoms with van der Waals surface area (Å²) in [6.45, 7) is 2.21. The molecule has 1 aliphatic rings. The highest BCUT2D eigenvalue weighted by Crippen LogP contribution is 2.35. The molecule has 0 saturated carbocycles. The Morgan fingerprint density at radius 2 is 1.83 bits per heavy atom. The van der Waals surface area contributed by atoms with Crippen molar-refractivity contribution < 1.29 is 18.7 Å². The number of benzene rings is 2. The summed E-state index contributed by atoms with van der Waals surface area (Å²) in [5.74, 6) is 1.69. The van der Waals surface area contributed by atoms with E-state index in [1.165, 1.54) is 11.8 Å². The predicted octanol–water partition coefficient (Wildman–Crippen LogP) is 5.86. The number of amidine groups is 1. The molecule has 7 nitrogen and oxygen atoms in total. The molecular weight excluding hydrogens is 462 g/mol. The van der Waals surface area contributed by atoms with Crippen LogP contribution in [-0.2, 0) is 11.3 Å². The average molecular weight is 488 g/mol. The molecule has 0 bridgehead atoms. The van der Waals surface area contributed by atoms with E-state index in [1.807, 2.05) is 61.5 Å². The maximum atomic E-state index is 13.3. The zero-order chi connectivity index (χ0) is 24.6. The Morgan fingerprint density at radius 3 is 2.54 bits per heavy atom. The highest BCUT2D eigenvalue weighted by molar-refractivity contribution is 8.18. The molecule has 0 N–H and O–H groups in total. The normalized spacial score (nSPS) is 16.6. The third kappa shape index (κ3) is 6.10. The Hall–Kier alpha value is -4.04. The number of carbonyl (C=O) groups excluding carboxylic acids is 1. The fraction of sp³-hybridized carbons (Fsp3) is 0.148. The van der Waals surface area contributed by atoms with E-state index in [9.17, 15) is 4.79 Å². The molecule has 8 heteroatoms. The molecule has 1 aromatic heterocycles. The third-order valence-corrected chi connectivity index (χ3v) is 6.08. The molecule has 0 atom stereocenters. The molecular formula is C27H25N3O4S. The molecule has 35 heavy (non-hydrogen) atoms. The molecule has 3 aromatic rings. The third-order valence-electron chi connectivity index (χ3n) is 5.09. The summed E-state index contributed by atoms with van der Waals surface area (Å²) >= 11 is 1.26. The minimum absolute atomic E-state index is 0.174. The predicted molar refractivity (Wildman–Crippen MR) is 140 cm³/mol. The van der Waals surface area contributed by atoms with Gasteiger partial charge in [0.25, 0.3) is 5.91 Å². The van der Waals surface area contributed by atoms with Crippen LogP contribution in [0.5, 0.6) is 11.5 Å². The first kappa shape index (κ1) is 24.1. The van der Waals surface area contributed by atoms with Crippen LogP contribution >= 0.6 is 11.8 Å². The summed E-state index contributed by atoms with van der Waals surface area (Å²) in [5.41, 5.74) is 2.82. The molecule has 0 unspecified atom stereocenters. The second kappa shape index (κ2) is 11.4. The highest BCUT2D eigenvalue weighted by Gasteiger charge is 2.34. The summed E-state index contributed by atoms with van der Waals surface area (Å²) in [7, 11) is 3.16. The van der Waals surface area contributed by atoms with Gasteiger partial charge in [-0.15, -0.1) is 5.10 Å². The van der Waals surface area contributed by atoms with Gasteiger partial charge in [0.05, 0.1) is 38.1 Å². The summed E-state index contributed by atoms with van der Waals surface area (Å²) < 4.78 is 16.1. The lowest BCUT2D eigenvalue weighted by atomic mass is 10.1. The number of rotatable bonds is 8. The standard InChI is InChI=1S/C27H25N3O4S/c1-19(14-20-8-5-4-6-9-20)17-28-29-27-30(18-22-10-7-13-34-22)26(31)25(35-27)16-21-11-12-23(32-2)24(15-21)33-3/h4-17H,18H2,1-3H3/b19-14+,25-16-,28-17-,29-27+. The number of hydrogen-bond acceptors (Lipinski definition) is 7. The molecule has 4 rings (SSSR count). The van der Waals surface area contributed by atoms with Gasteiger partial charge in [-0.2, -0.15) is 5.10 Å². The molecule has 2 aromatic carbocycles. The van der Waals surface area contributed by atoms with Crippen molar-refractivity contribution in [1.82, 2.24) is 4.90 Å². The van der Waals surface area contributed by atoms with Gasteiger partial charge in [-0.05, 0) is 65.7 Å². The molecule has 178 valence electrons. The number of furan rings is 1. The number of thioether (sulfide) groups is 1. The van der Waals surface area contributed by atoms with E-state index in [1.54, 1.807) is 49.8 Å². The fourth-order valence-electron chi connectivity index (χ4n) is 3.39. The Bertz CT molecular complexity index is 1300. The second-order valence-electron chi connectivity index (χ2n) is 7.62. The van der Waals surface area contributed by atoms with Crippen molar-refractivity contribution in [3.05, 3.63) is 94.3 Å². The van der Waals surface area contributed by atoms with E-state index in [0.29, 0.717) is 27.3 Å². The van der Waals surface area contributed by atoms with Crippen molar-refractivity contribution in [3.63, 3.8) is 0 Å². The number of carbonyl (C=O) groups is 1. The molecule has 1 aliphatic heterocycles. The zero-order valence-electron chi connectivity index (χ0n) is 19.7. The fourth-order valence-corrected chi connectivity index (χ4v) is 4.33. The summed E-state index contributed by atoms with van der Waals surface area (Å²) in [5, 5.41) is 9.07. The van der Waals surface area contributed by atoms with Gasteiger partial charge < -0.3 is 13.9 Å². The molecule has 1 saturated heterocycles. The first-order chi connectivity index (χ1) is 17.1. The number of hydrogen-bond donors (Lipinski definition) is 0. The Balaban J connectivity index is 1.60. The van der Waals surface area contributed by atoms with Crippen LogP contribution in [0.15, 0.2) is 92.0 Å². The first-order valence-electron chi connectivity index (χ1n) is 10.9. The summed E-state index contributed by atoms with van der Waals surface area (Å²) in [4.78, 5) is 15.3. The first-order valence-corrected chi connectivity index (χ1v) is 11.7. The Morgan fingerprint density at radius 1 is 1.03 bits per heavy atom. The van der Waals surface area contributed by atoms with Crippen LogP contribution in [0.25, 0.3) is 12.2 Å². The van der Waals surface area contributed by atoms with Crippen molar-refractivity contribution in [2.45, 2.75) is 13.5 Å². The number of allylic oxidation sites excluding steroid dienone is 1. The lowest BCUT2D eigenvalue weighted by molar-refractivity contribution is -0.122. The SMILES string of the molecule is COc1ccc(/C=C2\S/C(=N/N=C\C(C)=C\c3ccccc3)N(Cc3ccco3)C2=O)cc1OC. The van der Waals surface area contributed by atoms with Gasteiger partial charge in [-0.3, -0.25) is 9.69 Å². The van der Waals surface area contributed by atoms with Gasteiger partial charge in [0.1, 0.15) is 5.76 Å². The van der Waals surface area contributed by atoms with E-state index < -0.39 is 0 Å². The monoisotopic (exact) mass is 487 g/mol.